The minimum atomic E-state index is -0.548. The van der Waals surface area contributed by atoms with Crippen LogP contribution in [0.15, 0.2) is 16.5 Å². The third-order valence-corrected chi connectivity index (χ3v) is 5.12. The van der Waals surface area contributed by atoms with Crippen molar-refractivity contribution < 1.29 is 19.1 Å². The van der Waals surface area contributed by atoms with Crippen LogP contribution in [0.2, 0.25) is 5.02 Å². The summed E-state index contributed by atoms with van der Waals surface area (Å²) in [5.41, 5.74) is 6.67. The Morgan fingerprint density at radius 1 is 1.40 bits per heavy atom. The maximum atomic E-state index is 11.9. The molecule has 0 saturated heterocycles. The van der Waals surface area contributed by atoms with Crippen LogP contribution in [-0.4, -0.2) is 41.5 Å². The summed E-state index contributed by atoms with van der Waals surface area (Å²) in [5, 5.41) is 10.9. The number of carbonyl (C=O) groups is 2. The van der Waals surface area contributed by atoms with Crippen LogP contribution in [0.5, 0.6) is 5.75 Å². The number of halogens is 1. The number of ether oxygens (including phenoxy) is 2. The molecule has 1 aromatic carbocycles. The first-order valence-electron chi connectivity index (χ1n) is 6.90. The van der Waals surface area contributed by atoms with Gasteiger partial charge in [0.1, 0.15) is 5.75 Å². The zero-order valence-corrected chi connectivity index (χ0v) is 15.8. The Bertz CT molecular complexity index is 784. The van der Waals surface area contributed by atoms with E-state index < -0.39 is 18.5 Å². The molecule has 0 spiro atoms. The number of nitrogen functional groups attached to an aromatic ring is 1. The summed E-state index contributed by atoms with van der Waals surface area (Å²) in [6.45, 7) is 1.39. The number of aryl methyl sites for hydroxylation is 1. The van der Waals surface area contributed by atoms with Gasteiger partial charge in [-0.1, -0.05) is 34.7 Å². The molecule has 2 aromatic rings. The zero-order chi connectivity index (χ0) is 18.4. The largest absolute Gasteiger partial charge is 0.495 e. The predicted molar refractivity (Wildman–Crippen MR) is 97.4 cm³/mol. The molecule has 0 unspecified atom stereocenters. The number of aromatic nitrogens is 2. The van der Waals surface area contributed by atoms with Crippen molar-refractivity contribution in [3.63, 3.8) is 0 Å². The van der Waals surface area contributed by atoms with Gasteiger partial charge in [-0.3, -0.25) is 9.59 Å². The van der Waals surface area contributed by atoms with E-state index in [9.17, 15) is 9.59 Å². The molecule has 0 atom stereocenters. The Labute approximate surface area is 157 Å². The van der Waals surface area contributed by atoms with E-state index in [4.69, 9.17) is 26.8 Å². The van der Waals surface area contributed by atoms with Crippen LogP contribution in [0.3, 0.4) is 0 Å². The molecule has 1 heterocycles. The van der Waals surface area contributed by atoms with E-state index in [1.165, 1.54) is 18.4 Å². The van der Waals surface area contributed by atoms with E-state index in [0.29, 0.717) is 25.9 Å². The van der Waals surface area contributed by atoms with Crippen molar-refractivity contribution in [2.75, 3.05) is 30.5 Å². The monoisotopic (exact) mass is 402 g/mol. The number of benzene rings is 1. The minimum Gasteiger partial charge on any atom is -0.495 e. The van der Waals surface area contributed by atoms with Crippen LogP contribution in [0.4, 0.5) is 10.8 Å². The second-order valence-corrected chi connectivity index (χ2v) is 7.34. The lowest BCUT2D eigenvalue weighted by molar-refractivity contribution is -0.144. The Morgan fingerprint density at radius 3 is 2.80 bits per heavy atom. The van der Waals surface area contributed by atoms with Gasteiger partial charge in [0.05, 0.1) is 18.6 Å². The number of hydrogen-bond acceptors (Lipinski definition) is 9. The van der Waals surface area contributed by atoms with Crippen molar-refractivity contribution in [2.45, 2.75) is 11.3 Å². The SMILES string of the molecule is COc1cc(Cl)c(C)cc1NC(=O)COC(=O)CSc1nnc(N)s1. The first-order chi connectivity index (χ1) is 11.9. The van der Waals surface area contributed by atoms with Gasteiger partial charge < -0.3 is 20.5 Å². The van der Waals surface area contributed by atoms with Crippen LogP contribution in [0, 0.1) is 6.92 Å². The number of methoxy groups -OCH3 is 1. The molecule has 0 aliphatic heterocycles. The molecule has 0 fully saturated rings. The summed E-state index contributed by atoms with van der Waals surface area (Å²) in [7, 11) is 1.47. The quantitative estimate of drug-likeness (QED) is 0.535. The Hall–Kier alpha value is -2.04. The van der Waals surface area contributed by atoms with Crippen molar-refractivity contribution in [3.8, 4) is 5.75 Å². The van der Waals surface area contributed by atoms with Gasteiger partial charge in [0, 0.05) is 11.1 Å². The maximum absolute atomic E-state index is 11.9. The molecular formula is C14H15ClN4O4S2. The molecule has 0 aliphatic rings. The molecule has 134 valence electrons. The van der Waals surface area contributed by atoms with E-state index in [1.54, 1.807) is 19.1 Å². The van der Waals surface area contributed by atoms with E-state index in [-0.39, 0.29) is 5.75 Å². The van der Waals surface area contributed by atoms with Crippen LogP contribution in [0.1, 0.15) is 5.56 Å². The summed E-state index contributed by atoms with van der Waals surface area (Å²) in [6.07, 6.45) is 0. The summed E-state index contributed by atoms with van der Waals surface area (Å²) < 4.78 is 10.6. The molecule has 25 heavy (non-hydrogen) atoms. The number of rotatable bonds is 7. The summed E-state index contributed by atoms with van der Waals surface area (Å²) in [6, 6.07) is 3.28. The van der Waals surface area contributed by atoms with Crippen molar-refractivity contribution in [3.05, 3.63) is 22.7 Å². The zero-order valence-electron chi connectivity index (χ0n) is 13.4. The maximum Gasteiger partial charge on any atom is 0.316 e. The average molecular weight is 403 g/mol. The number of amides is 1. The van der Waals surface area contributed by atoms with Gasteiger partial charge in [-0.05, 0) is 18.6 Å². The van der Waals surface area contributed by atoms with Crippen LogP contribution >= 0.6 is 34.7 Å². The fraction of sp³-hybridized carbons (Fsp3) is 0.286. The van der Waals surface area contributed by atoms with Crippen molar-refractivity contribution in [2.24, 2.45) is 0 Å². The standard InChI is InChI=1S/C14H15ClN4O4S2/c1-7-3-9(10(22-2)4-8(7)15)17-11(20)5-23-12(21)6-24-14-19-18-13(16)25-14/h3-4H,5-6H2,1-2H3,(H2,16,18)(H,17,20). The molecule has 3 N–H and O–H groups in total. The number of nitrogens with zero attached hydrogens (tertiary/aromatic N) is 2. The molecule has 0 radical (unpaired) electrons. The highest BCUT2D eigenvalue weighted by Crippen LogP contribution is 2.30. The van der Waals surface area contributed by atoms with E-state index >= 15 is 0 Å². The van der Waals surface area contributed by atoms with Crippen LogP contribution in [0.25, 0.3) is 0 Å². The van der Waals surface area contributed by atoms with E-state index in [2.05, 4.69) is 15.5 Å². The lowest BCUT2D eigenvalue weighted by Crippen LogP contribution is -2.22. The molecule has 0 aliphatic carbocycles. The van der Waals surface area contributed by atoms with Gasteiger partial charge in [-0.2, -0.15) is 0 Å². The lowest BCUT2D eigenvalue weighted by Gasteiger charge is -2.12. The fourth-order valence-corrected chi connectivity index (χ4v) is 3.29. The highest BCUT2D eigenvalue weighted by molar-refractivity contribution is 8.01. The predicted octanol–water partition coefficient (Wildman–Crippen LogP) is 2.36. The summed E-state index contributed by atoms with van der Waals surface area (Å²) >= 11 is 8.32. The van der Waals surface area contributed by atoms with Crippen molar-refractivity contribution in [1.29, 1.82) is 0 Å². The first kappa shape index (κ1) is 19.3. The topological polar surface area (TPSA) is 116 Å². The highest BCUT2D eigenvalue weighted by Gasteiger charge is 2.13. The molecule has 0 saturated carbocycles. The van der Waals surface area contributed by atoms with Crippen molar-refractivity contribution >= 4 is 57.4 Å². The van der Waals surface area contributed by atoms with E-state index in [1.807, 2.05) is 0 Å². The van der Waals surface area contributed by atoms with Gasteiger partial charge >= 0.3 is 5.97 Å². The van der Waals surface area contributed by atoms with E-state index in [0.717, 1.165) is 17.3 Å². The average Bonchev–Trinajstić information content (AvgIpc) is 2.99. The molecule has 11 heteroatoms. The number of nitrogens with two attached hydrogens (primary N) is 1. The second-order valence-electron chi connectivity index (χ2n) is 4.71. The van der Waals surface area contributed by atoms with Crippen LogP contribution < -0.4 is 15.8 Å². The first-order valence-corrected chi connectivity index (χ1v) is 9.08. The highest BCUT2D eigenvalue weighted by atomic mass is 35.5. The summed E-state index contributed by atoms with van der Waals surface area (Å²) in [4.78, 5) is 23.6. The normalized spacial score (nSPS) is 10.4. The van der Waals surface area contributed by atoms with Gasteiger partial charge in [0.15, 0.2) is 10.9 Å². The number of carbonyl (C=O) groups excluding carboxylic acids is 2. The molecule has 1 amide bonds. The van der Waals surface area contributed by atoms with Gasteiger partial charge in [-0.25, -0.2) is 0 Å². The molecule has 1 aromatic heterocycles. The minimum absolute atomic E-state index is 0.00525. The number of esters is 1. The van der Waals surface area contributed by atoms with Gasteiger partial charge in [0.2, 0.25) is 5.13 Å². The Morgan fingerprint density at radius 2 is 2.16 bits per heavy atom. The molecule has 0 bridgehead atoms. The number of nitrogens with one attached hydrogen (secondary N) is 1. The lowest BCUT2D eigenvalue weighted by atomic mass is 10.2. The Kier molecular flexibility index (Phi) is 6.85. The number of thioether (sulfide) groups is 1. The number of hydrogen-bond donors (Lipinski definition) is 2. The number of anilines is 2. The van der Waals surface area contributed by atoms with Crippen molar-refractivity contribution in [1.82, 2.24) is 10.2 Å². The van der Waals surface area contributed by atoms with Gasteiger partial charge in [0.25, 0.3) is 5.91 Å². The second kappa shape index (κ2) is 8.88. The Balaban J connectivity index is 1.82. The molecule has 2 rings (SSSR count). The van der Waals surface area contributed by atoms with Crippen LogP contribution in [-0.2, 0) is 14.3 Å². The third-order valence-electron chi connectivity index (χ3n) is 2.85. The molecule has 8 nitrogen and oxygen atoms in total. The summed E-state index contributed by atoms with van der Waals surface area (Å²) in [5.74, 6) is -0.614. The van der Waals surface area contributed by atoms with Gasteiger partial charge in [-0.15, -0.1) is 10.2 Å². The smallest absolute Gasteiger partial charge is 0.316 e. The molecular weight excluding hydrogens is 388 g/mol. The fourth-order valence-electron chi connectivity index (χ4n) is 1.70. The third kappa shape index (κ3) is 5.76.